The Morgan fingerprint density at radius 2 is 2.00 bits per heavy atom. The number of nitrogens with one attached hydrogen (secondary N) is 2. The van der Waals surface area contributed by atoms with E-state index in [1.807, 2.05) is 30.3 Å². The lowest BCUT2D eigenvalue weighted by atomic mass is 10.1. The highest BCUT2D eigenvalue weighted by Gasteiger charge is 2.10. The summed E-state index contributed by atoms with van der Waals surface area (Å²) in [6, 6.07) is 16.4. The number of hydrogen-bond acceptors (Lipinski definition) is 5. The van der Waals surface area contributed by atoms with E-state index in [2.05, 4.69) is 20.6 Å². The van der Waals surface area contributed by atoms with Gasteiger partial charge in [-0.3, -0.25) is 4.79 Å². The number of aromatic nitrogens is 2. The maximum Gasteiger partial charge on any atom is 0.274 e. The lowest BCUT2D eigenvalue weighted by Crippen LogP contribution is -2.16. The number of hydrogen-bond donors (Lipinski definition) is 2. The summed E-state index contributed by atoms with van der Waals surface area (Å²) in [5.41, 5.74) is 2.02. The Morgan fingerprint density at radius 3 is 2.81 bits per heavy atom. The molecule has 2 N–H and O–H groups in total. The van der Waals surface area contributed by atoms with E-state index in [1.54, 1.807) is 37.6 Å². The second-order valence-electron chi connectivity index (χ2n) is 5.76. The van der Waals surface area contributed by atoms with Crippen molar-refractivity contribution in [3.63, 3.8) is 0 Å². The van der Waals surface area contributed by atoms with Crippen LogP contribution in [-0.2, 0) is 6.42 Å². The van der Waals surface area contributed by atoms with Gasteiger partial charge in [0.25, 0.3) is 5.91 Å². The Balaban J connectivity index is 1.59. The van der Waals surface area contributed by atoms with Crippen molar-refractivity contribution in [2.24, 2.45) is 0 Å². The topological polar surface area (TPSA) is 76.1 Å². The van der Waals surface area contributed by atoms with Gasteiger partial charge < -0.3 is 15.4 Å². The molecule has 0 bridgehead atoms. The quantitative estimate of drug-likeness (QED) is 0.644. The molecule has 0 fully saturated rings. The van der Waals surface area contributed by atoms with Crippen LogP contribution in [0.1, 0.15) is 16.1 Å². The van der Waals surface area contributed by atoms with Gasteiger partial charge in [-0.05, 0) is 42.3 Å². The average Bonchev–Trinajstić information content (AvgIpc) is 2.68. The van der Waals surface area contributed by atoms with Crippen LogP contribution in [0.5, 0.6) is 5.75 Å². The molecule has 6 nitrogen and oxygen atoms in total. The molecule has 0 saturated carbocycles. The fourth-order valence-corrected chi connectivity index (χ4v) is 2.69. The fraction of sp³-hybridized carbons (Fsp3) is 0.150. The molecule has 0 aliphatic carbocycles. The van der Waals surface area contributed by atoms with Gasteiger partial charge in [0.05, 0.1) is 7.11 Å². The second-order valence-corrected chi connectivity index (χ2v) is 6.19. The number of methoxy groups -OCH3 is 1. The zero-order valence-electron chi connectivity index (χ0n) is 14.8. The van der Waals surface area contributed by atoms with Crippen LogP contribution in [0.4, 0.5) is 11.6 Å². The second kappa shape index (κ2) is 9.00. The van der Waals surface area contributed by atoms with E-state index in [0.717, 1.165) is 12.0 Å². The zero-order valence-corrected chi connectivity index (χ0v) is 15.5. The maximum absolute atomic E-state index is 12.4. The molecule has 0 aliphatic rings. The highest BCUT2D eigenvalue weighted by molar-refractivity contribution is 6.30. The molecular formula is C20H19ClN4O2. The Hall–Kier alpha value is -3.12. The van der Waals surface area contributed by atoms with E-state index in [1.165, 1.54) is 0 Å². The molecule has 1 aromatic heterocycles. The minimum absolute atomic E-state index is 0.276. The highest BCUT2D eigenvalue weighted by atomic mass is 35.5. The van der Waals surface area contributed by atoms with Crippen molar-refractivity contribution in [2.45, 2.75) is 6.42 Å². The largest absolute Gasteiger partial charge is 0.497 e. The number of ether oxygens (including phenoxy) is 1. The number of benzene rings is 2. The van der Waals surface area contributed by atoms with Gasteiger partial charge >= 0.3 is 0 Å². The first-order valence-corrected chi connectivity index (χ1v) is 8.78. The van der Waals surface area contributed by atoms with Gasteiger partial charge in [0, 0.05) is 29.5 Å². The number of nitrogens with zero attached hydrogens (tertiary/aromatic N) is 2. The number of anilines is 2. The minimum Gasteiger partial charge on any atom is -0.497 e. The van der Waals surface area contributed by atoms with E-state index in [9.17, 15) is 4.79 Å². The molecule has 1 amide bonds. The third kappa shape index (κ3) is 5.43. The van der Waals surface area contributed by atoms with Crippen LogP contribution in [0.25, 0.3) is 0 Å². The summed E-state index contributed by atoms with van der Waals surface area (Å²) >= 11 is 5.98. The maximum atomic E-state index is 12.4. The van der Waals surface area contributed by atoms with Gasteiger partial charge in [-0.15, -0.1) is 0 Å². The molecule has 3 aromatic rings. The normalized spacial score (nSPS) is 10.3. The van der Waals surface area contributed by atoms with Crippen molar-refractivity contribution in [3.8, 4) is 5.75 Å². The molecule has 0 aliphatic heterocycles. The van der Waals surface area contributed by atoms with Gasteiger partial charge in [0.2, 0.25) is 5.95 Å². The first kappa shape index (κ1) is 18.7. The number of carbonyl (C=O) groups is 1. The molecule has 7 heteroatoms. The summed E-state index contributed by atoms with van der Waals surface area (Å²) in [7, 11) is 1.58. The molecule has 2 aromatic carbocycles. The van der Waals surface area contributed by atoms with Gasteiger partial charge in [0.1, 0.15) is 11.4 Å². The monoisotopic (exact) mass is 382 g/mol. The summed E-state index contributed by atoms with van der Waals surface area (Å²) < 4.78 is 5.15. The number of rotatable bonds is 7. The number of amides is 1. The Bertz CT molecular complexity index is 933. The van der Waals surface area contributed by atoms with Crippen LogP contribution in [0.3, 0.4) is 0 Å². The van der Waals surface area contributed by atoms with E-state index in [0.29, 0.717) is 29.0 Å². The van der Waals surface area contributed by atoms with Crippen LogP contribution in [0.2, 0.25) is 5.02 Å². The Kier molecular flexibility index (Phi) is 6.22. The molecule has 0 radical (unpaired) electrons. The molecule has 138 valence electrons. The molecule has 1 heterocycles. The van der Waals surface area contributed by atoms with Crippen LogP contribution in [-0.4, -0.2) is 29.5 Å². The summed E-state index contributed by atoms with van der Waals surface area (Å²) in [5.74, 6) is 0.748. The summed E-state index contributed by atoms with van der Waals surface area (Å²) in [5, 5.41) is 6.63. The Morgan fingerprint density at radius 1 is 1.15 bits per heavy atom. The molecule has 3 rings (SSSR count). The lowest BCUT2D eigenvalue weighted by Gasteiger charge is -2.08. The first-order valence-electron chi connectivity index (χ1n) is 8.41. The SMILES string of the molecule is COc1cccc(NC(=O)c2ccnc(NCCc3cccc(Cl)c3)n2)c1. The lowest BCUT2D eigenvalue weighted by molar-refractivity contribution is 0.102. The van der Waals surface area contributed by atoms with E-state index < -0.39 is 0 Å². The van der Waals surface area contributed by atoms with Crippen molar-refractivity contribution in [1.29, 1.82) is 0 Å². The summed E-state index contributed by atoms with van der Waals surface area (Å²) in [4.78, 5) is 20.8. The molecule has 0 unspecified atom stereocenters. The third-order valence-electron chi connectivity index (χ3n) is 3.80. The van der Waals surface area contributed by atoms with Gasteiger partial charge in [-0.2, -0.15) is 0 Å². The van der Waals surface area contributed by atoms with Crippen LogP contribution < -0.4 is 15.4 Å². The molecular weight excluding hydrogens is 364 g/mol. The van der Waals surface area contributed by atoms with Crippen molar-refractivity contribution in [2.75, 3.05) is 24.3 Å². The van der Waals surface area contributed by atoms with Crippen LogP contribution >= 0.6 is 11.6 Å². The standard InChI is InChI=1S/C20H19ClN4O2/c1-27-17-7-3-6-16(13-17)24-19(26)18-9-11-23-20(25-18)22-10-8-14-4-2-5-15(21)12-14/h2-7,9,11-13H,8,10H2,1H3,(H,24,26)(H,22,23,25). The third-order valence-corrected chi connectivity index (χ3v) is 4.04. The molecule has 0 atom stereocenters. The summed E-state index contributed by atoms with van der Waals surface area (Å²) in [6.45, 7) is 0.626. The average molecular weight is 383 g/mol. The van der Waals surface area contributed by atoms with E-state index in [4.69, 9.17) is 16.3 Å². The molecule has 27 heavy (non-hydrogen) atoms. The highest BCUT2D eigenvalue weighted by Crippen LogP contribution is 2.17. The van der Waals surface area contributed by atoms with E-state index >= 15 is 0 Å². The van der Waals surface area contributed by atoms with Crippen molar-refractivity contribution < 1.29 is 9.53 Å². The number of carbonyl (C=O) groups excluding carboxylic acids is 1. The predicted octanol–water partition coefficient (Wildman–Crippen LogP) is 4.05. The smallest absolute Gasteiger partial charge is 0.274 e. The van der Waals surface area contributed by atoms with Crippen LogP contribution in [0, 0.1) is 0 Å². The fourth-order valence-electron chi connectivity index (χ4n) is 2.48. The predicted molar refractivity (Wildman–Crippen MR) is 107 cm³/mol. The molecule has 0 spiro atoms. The first-order chi connectivity index (χ1) is 13.1. The van der Waals surface area contributed by atoms with Crippen LogP contribution in [0.15, 0.2) is 60.8 Å². The zero-order chi connectivity index (χ0) is 19.1. The van der Waals surface area contributed by atoms with Gasteiger partial charge in [-0.25, -0.2) is 9.97 Å². The van der Waals surface area contributed by atoms with Gasteiger partial charge in [-0.1, -0.05) is 29.8 Å². The van der Waals surface area contributed by atoms with E-state index in [-0.39, 0.29) is 11.6 Å². The van der Waals surface area contributed by atoms with Crippen molar-refractivity contribution in [3.05, 3.63) is 77.1 Å². The number of halogens is 1. The minimum atomic E-state index is -0.316. The van der Waals surface area contributed by atoms with Gasteiger partial charge in [0.15, 0.2) is 0 Å². The molecule has 0 saturated heterocycles. The van der Waals surface area contributed by atoms with Crippen molar-refractivity contribution >= 4 is 29.1 Å². The van der Waals surface area contributed by atoms with Crippen molar-refractivity contribution in [1.82, 2.24) is 9.97 Å². The summed E-state index contributed by atoms with van der Waals surface area (Å²) in [6.07, 6.45) is 2.32. The Labute approximate surface area is 162 Å².